The second kappa shape index (κ2) is 8.40. The Hall–Kier alpha value is -1.06. The van der Waals surface area contributed by atoms with Gasteiger partial charge in [0.25, 0.3) is 0 Å². The van der Waals surface area contributed by atoms with Crippen LogP contribution in [0.2, 0.25) is 0 Å². The maximum absolute atomic E-state index is 12.2. The van der Waals surface area contributed by atoms with Gasteiger partial charge in [0.1, 0.15) is 0 Å². The van der Waals surface area contributed by atoms with Crippen molar-refractivity contribution in [2.24, 2.45) is 0 Å². The summed E-state index contributed by atoms with van der Waals surface area (Å²) in [5.41, 5.74) is 3.71. The highest BCUT2D eigenvalue weighted by Gasteiger charge is 2.22. The van der Waals surface area contributed by atoms with E-state index in [1.807, 2.05) is 6.92 Å². The van der Waals surface area contributed by atoms with Crippen LogP contribution in [0.3, 0.4) is 0 Å². The first-order valence-corrected chi connectivity index (χ1v) is 7.66. The van der Waals surface area contributed by atoms with E-state index in [1.165, 1.54) is 36.0 Å². The number of piperidine rings is 1. The molecule has 1 heterocycles. The highest BCUT2D eigenvalue weighted by molar-refractivity contribution is 5.85. The first-order chi connectivity index (χ1) is 9.58. The maximum atomic E-state index is 12.2. The molecule has 1 N–H and O–H groups in total. The van der Waals surface area contributed by atoms with Crippen LogP contribution in [0.1, 0.15) is 42.9 Å². The van der Waals surface area contributed by atoms with Gasteiger partial charge in [-0.2, -0.15) is 0 Å². The Balaban J connectivity index is 0.00000220. The van der Waals surface area contributed by atoms with Crippen LogP contribution in [-0.2, 0) is 11.3 Å². The molecular formula is C17H27ClN2O. The van der Waals surface area contributed by atoms with Crippen LogP contribution in [-0.4, -0.2) is 29.9 Å². The molecule has 21 heavy (non-hydrogen) atoms. The zero-order valence-corrected chi connectivity index (χ0v) is 14.1. The molecule has 1 atom stereocenters. The zero-order valence-electron chi connectivity index (χ0n) is 13.3. The number of halogens is 1. The summed E-state index contributed by atoms with van der Waals surface area (Å²) in [5.74, 6) is 0.145. The molecule has 3 nitrogen and oxygen atoms in total. The van der Waals surface area contributed by atoms with E-state index >= 15 is 0 Å². The number of benzene rings is 1. The summed E-state index contributed by atoms with van der Waals surface area (Å²) in [7, 11) is 0. The molecule has 0 bridgehead atoms. The molecule has 1 aliphatic rings. The average molecular weight is 311 g/mol. The fourth-order valence-electron chi connectivity index (χ4n) is 2.85. The number of aryl methyl sites for hydroxylation is 2. The third-order valence-corrected chi connectivity index (χ3v) is 4.27. The maximum Gasteiger partial charge on any atom is 0.237 e. The molecule has 0 spiro atoms. The van der Waals surface area contributed by atoms with Crippen molar-refractivity contribution in [3.63, 3.8) is 0 Å². The SMILES string of the molecule is Cc1ccc(CNC(=O)C(C)N2CCCCC2)c(C)c1.Cl. The number of amides is 1. The minimum atomic E-state index is -0.0129. The number of nitrogens with zero attached hydrogens (tertiary/aromatic N) is 1. The first-order valence-electron chi connectivity index (χ1n) is 7.66. The van der Waals surface area contributed by atoms with Gasteiger partial charge in [-0.15, -0.1) is 12.4 Å². The molecular weight excluding hydrogens is 284 g/mol. The van der Waals surface area contributed by atoms with Gasteiger partial charge >= 0.3 is 0 Å². The van der Waals surface area contributed by atoms with Crippen molar-refractivity contribution in [1.82, 2.24) is 10.2 Å². The van der Waals surface area contributed by atoms with Crippen molar-refractivity contribution in [2.75, 3.05) is 13.1 Å². The molecule has 1 aromatic rings. The van der Waals surface area contributed by atoms with Gasteiger partial charge in [0.2, 0.25) is 5.91 Å². The minimum Gasteiger partial charge on any atom is -0.351 e. The third kappa shape index (κ3) is 5.01. The number of likely N-dealkylation sites (tertiary alicyclic amines) is 1. The molecule has 0 radical (unpaired) electrons. The molecule has 0 aliphatic carbocycles. The molecule has 1 amide bonds. The fraction of sp³-hybridized carbons (Fsp3) is 0.588. The number of carbonyl (C=O) groups is 1. The molecule has 1 aromatic carbocycles. The smallest absolute Gasteiger partial charge is 0.237 e. The van der Waals surface area contributed by atoms with Crippen molar-refractivity contribution in [3.05, 3.63) is 34.9 Å². The normalized spacial score (nSPS) is 16.9. The number of hydrogen-bond acceptors (Lipinski definition) is 2. The van der Waals surface area contributed by atoms with E-state index in [0.29, 0.717) is 6.54 Å². The summed E-state index contributed by atoms with van der Waals surface area (Å²) < 4.78 is 0. The van der Waals surface area contributed by atoms with Crippen molar-refractivity contribution in [2.45, 2.75) is 52.6 Å². The lowest BCUT2D eigenvalue weighted by Crippen LogP contribution is -2.46. The lowest BCUT2D eigenvalue weighted by atomic mass is 10.1. The molecule has 1 saturated heterocycles. The summed E-state index contributed by atoms with van der Waals surface area (Å²) in [4.78, 5) is 14.5. The lowest BCUT2D eigenvalue weighted by molar-refractivity contribution is -0.126. The minimum absolute atomic E-state index is 0. The van der Waals surface area contributed by atoms with Gasteiger partial charge < -0.3 is 5.32 Å². The molecule has 118 valence electrons. The highest BCUT2D eigenvalue weighted by Crippen LogP contribution is 2.13. The molecule has 1 fully saturated rings. The van der Waals surface area contributed by atoms with Crippen molar-refractivity contribution in [1.29, 1.82) is 0 Å². The van der Waals surface area contributed by atoms with Crippen LogP contribution >= 0.6 is 12.4 Å². The number of hydrogen-bond donors (Lipinski definition) is 1. The quantitative estimate of drug-likeness (QED) is 0.926. The van der Waals surface area contributed by atoms with Gasteiger partial charge in [-0.05, 0) is 57.8 Å². The second-order valence-corrected chi connectivity index (χ2v) is 5.92. The summed E-state index contributed by atoms with van der Waals surface area (Å²) in [6.07, 6.45) is 3.73. The molecule has 2 rings (SSSR count). The van der Waals surface area contributed by atoms with E-state index in [1.54, 1.807) is 0 Å². The predicted molar refractivity (Wildman–Crippen MR) is 89.9 cm³/mol. The first kappa shape index (κ1) is 18.0. The van der Waals surface area contributed by atoms with Crippen LogP contribution in [0, 0.1) is 13.8 Å². The zero-order chi connectivity index (χ0) is 14.5. The molecule has 4 heteroatoms. The average Bonchev–Trinajstić information content (AvgIpc) is 2.46. The van der Waals surface area contributed by atoms with Crippen LogP contribution in [0.5, 0.6) is 0 Å². The number of nitrogens with one attached hydrogen (secondary N) is 1. The monoisotopic (exact) mass is 310 g/mol. The van der Waals surface area contributed by atoms with Gasteiger partial charge in [-0.25, -0.2) is 0 Å². The van der Waals surface area contributed by atoms with Crippen LogP contribution in [0.25, 0.3) is 0 Å². The summed E-state index contributed by atoms with van der Waals surface area (Å²) in [5, 5.41) is 3.08. The molecule has 1 aliphatic heterocycles. The predicted octanol–water partition coefficient (Wildman–Crippen LogP) is 3.22. The fourth-order valence-corrected chi connectivity index (χ4v) is 2.85. The van der Waals surface area contributed by atoms with E-state index in [-0.39, 0.29) is 24.4 Å². The number of rotatable bonds is 4. The van der Waals surface area contributed by atoms with Gasteiger partial charge in [0.15, 0.2) is 0 Å². The third-order valence-electron chi connectivity index (χ3n) is 4.27. The second-order valence-electron chi connectivity index (χ2n) is 5.92. The van der Waals surface area contributed by atoms with Crippen molar-refractivity contribution < 1.29 is 4.79 Å². The van der Waals surface area contributed by atoms with Gasteiger partial charge in [0.05, 0.1) is 6.04 Å². The standard InChI is InChI=1S/C17H26N2O.ClH/c1-13-7-8-16(14(2)11-13)12-18-17(20)15(3)19-9-5-4-6-10-19;/h7-8,11,15H,4-6,9-10,12H2,1-3H3,(H,18,20);1H. The van der Waals surface area contributed by atoms with Crippen LogP contribution in [0.4, 0.5) is 0 Å². The Labute approximate surface area is 134 Å². The Morgan fingerprint density at radius 2 is 1.90 bits per heavy atom. The van der Waals surface area contributed by atoms with Crippen LogP contribution < -0.4 is 5.32 Å². The number of carbonyl (C=O) groups excluding carboxylic acids is 1. The van der Waals surface area contributed by atoms with Crippen molar-refractivity contribution in [3.8, 4) is 0 Å². The Morgan fingerprint density at radius 3 is 2.52 bits per heavy atom. The lowest BCUT2D eigenvalue weighted by Gasteiger charge is -2.31. The van der Waals surface area contributed by atoms with E-state index in [4.69, 9.17) is 0 Å². The largest absolute Gasteiger partial charge is 0.351 e. The summed E-state index contributed by atoms with van der Waals surface area (Å²) in [6, 6.07) is 6.36. The highest BCUT2D eigenvalue weighted by atomic mass is 35.5. The van der Waals surface area contributed by atoms with Gasteiger partial charge in [-0.3, -0.25) is 9.69 Å². The summed E-state index contributed by atoms with van der Waals surface area (Å²) in [6.45, 7) is 8.94. The van der Waals surface area contributed by atoms with Crippen molar-refractivity contribution >= 4 is 18.3 Å². The molecule has 0 saturated carbocycles. The summed E-state index contributed by atoms with van der Waals surface area (Å²) >= 11 is 0. The Bertz CT molecular complexity index is 470. The van der Waals surface area contributed by atoms with E-state index in [0.717, 1.165) is 13.1 Å². The van der Waals surface area contributed by atoms with Crippen LogP contribution in [0.15, 0.2) is 18.2 Å². The van der Waals surface area contributed by atoms with Gasteiger partial charge in [0, 0.05) is 6.54 Å². The van der Waals surface area contributed by atoms with Gasteiger partial charge in [-0.1, -0.05) is 30.2 Å². The van der Waals surface area contributed by atoms with E-state index in [9.17, 15) is 4.79 Å². The topological polar surface area (TPSA) is 32.3 Å². The molecule has 0 aromatic heterocycles. The van der Waals surface area contributed by atoms with E-state index in [2.05, 4.69) is 42.3 Å². The molecule has 1 unspecified atom stereocenters. The Kier molecular flexibility index (Phi) is 7.20. The van der Waals surface area contributed by atoms with E-state index < -0.39 is 0 Å². The Morgan fingerprint density at radius 1 is 1.24 bits per heavy atom.